The molecule has 36 heavy (non-hydrogen) atoms. The fourth-order valence-corrected chi connectivity index (χ4v) is 6.49. The summed E-state index contributed by atoms with van der Waals surface area (Å²) >= 11 is 1.62. The van der Waals surface area contributed by atoms with Crippen LogP contribution in [0.1, 0.15) is 64.2 Å². The van der Waals surface area contributed by atoms with E-state index in [9.17, 15) is 9.59 Å². The molecule has 0 bridgehead atoms. The molecular formula is C30H35N3O2S. The molecule has 188 valence electrons. The summed E-state index contributed by atoms with van der Waals surface area (Å²) in [5, 5.41) is 5.26. The third kappa shape index (κ3) is 5.11. The number of amides is 2. The molecule has 1 aromatic heterocycles. The standard InChI is InChI=1S/C30H35N3O2S/c1-21(2)19-33-28(26-13-7-18-36-26)27(24-11-5-6-12-25(24)30(33)35)29(34)31-15-8-16-32-17-14-22-9-3-4-10-23(22)20-32/h3-7,9-13,18,21,27-28H,8,14-17,19-20H2,1-2H3,(H,31,34)/t27-,28-/m1/s1. The molecule has 1 N–H and O–H groups in total. The second-order valence-electron chi connectivity index (χ2n) is 10.3. The second kappa shape index (κ2) is 11.0. The lowest BCUT2D eigenvalue weighted by Crippen LogP contribution is -2.48. The lowest BCUT2D eigenvalue weighted by molar-refractivity contribution is -0.124. The van der Waals surface area contributed by atoms with E-state index in [0.717, 1.165) is 42.9 Å². The molecule has 5 nitrogen and oxygen atoms in total. The average molecular weight is 502 g/mol. The maximum atomic E-state index is 13.8. The van der Waals surface area contributed by atoms with Crippen LogP contribution in [-0.2, 0) is 17.8 Å². The highest BCUT2D eigenvalue weighted by Gasteiger charge is 2.44. The Bertz CT molecular complexity index is 1210. The minimum Gasteiger partial charge on any atom is -0.355 e. The van der Waals surface area contributed by atoms with Crippen LogP contribution < -0.4 is 5.32 Å². The number of fused-ring (bicyclic) bond motifs is 2. The molecule has 0 unspecified atom stereocenters. The van der Waals surface area contributed by atoms with Gasteiger partial charge in [0.2, 0.25) is 5.91 Å². The topological polar surface area (TPSA) is 52.7 Å². The molecule has 0 radical (unpaired) electrons. The number of nitrogens with one attached hydrogen (secondary N) is 1. The Kier molecular flexibility index (Phi) is 7.54. The predicted octanol–water partition coefficient (Wildman–Crippen LogP) is 5.25. The van der Waals surface area contributed by atoms with Gasteiger partial charge in [0.15, 0.2) is 0 Å². The number of carbonyl (C=O) groups excluding carboxylic acids is 2. The molecule has 0 saturated heterocycles. The number of hydrogen-bond acceptors (Lipinski definition) is 4. The minimum absolute atomic E-state index is 0.00564. The van der Waals surface area contributed by atoms with E-state index in [4.69, 9.17) is 0 Å². The van der Waals surface area contributed by atoms with Gasteiger partial charge in [-0.15, -0.1) is 11.3 Å². The Labute approximate surface area is 218 Å². The first-order valence-electron chi connectivity index (χ1n) is 13.0. The van der Waals surface area contributed by atoms with E-state index in [1.165, 1.54) is 11.1 Å². The van der Waals surface area contributed by atoms with Crippen LogP contribution in [0.25, 0.3) is 0 Å². The van der Waals surface area contributed by atoms with Gasteiger partial charge in [0.25, 0.3) is 5.91 Å². The van der Waals surface area contributed by atoms with Crippen molar-refractivity contribution in [1.29, 1.82) is 0 Å². The smallest absolute Gasteiger partial charge is 0.254 e. The summed E-state index contributed by atoms with van der Waals surface area (Å²) < 4.78 is 0. The van der Waals surface area contributed by atoms with Gasteiger partial charge in [-0.3, -0.25) is 14.5 Å². The number of hydrogen-bond donors (Lipinski definition) is 1. The van der Waals surface area contributed by atoms with Crippen LogP contribution in [-0.4, -0.2) is 47.8 Å². The molecule has 0 aliphatic carbocycles. The Morgan fingerprint density at radius 2 is 1.83 bits per heavy atom. The van der Waals surface area contributed by atoms with E-state index in [1.807, 2.05) is 40.6 Å². The van der Waals surface area contributed by atoms with Crippen molar-refractivity contribution in [2.45, 2.75) is 45.2 Å². The highest BCUT2D eigenvalue weighted by Crippen LogP contribution is 2.44. The van der Waals surface area contributed by atoms with Gasteiger partial charge in [0.05, 0.1) is 12.0 Å². The first kappa shape index (κ1) is 24.7. The van der Waals surface area contributed by atoms with E-state index in [2.05, 4.69) is 54.4 Å². The molecule has 2 aromatic carbocycles. The first-order valence-corrected chi connectivity index (χ1v) is 13.9. The van der Waals surface area contributed by atoms with Gasteiger partial charge in [0, 0.05) is 43.2 Å². The van der Waals surface area contributed by atoms with Crippen molar-refractivity contribution >= 4 is 23.2 Å². The maximum Gasteiger partial charge on any atom is 0.254 e. The quantitative estimate of drug-likeness (QED) is 0.429. The third-order valence-corrected chi connectivity index (χ3v) is 8.22. The minimum atomic E-state index is -0.418. The largest absolute Gasteiger partial charge is 0.355 e. The second-order valence-corrected chi connectivity index (χ2v) is 11.3. The Hall–Kier alpha value is -2.96. The van der Waals surface area contributed by atoms with Crippen molar-refractivity contribution in [3.8, 4) is 0 Å². The highest BCUT2D eigenvalue weighted by molar-refractivity contribution is 7.10. The molecule has 2 aliphatic rings. The first-order chi connectivity index (χ1) is 17.5. The Morgan fingerprint density at radius 3 is 2.61 bits per heavy atom. The van der Waals surface area contributed by atoms with Gasteiger partial charge in [0.1, 0.15) is 0 Å². The number of thiophene rings is 1. The SMILES string of the molecule is CC(C)CN1C(=O)c2ccccc2[C@@H](C(=O)NCCCN2CCc3ccccc3C2)[C@H]1c1cccs1. The van der Waals surface area contributed by atoms with Gasteiger partial charge >= 0.3 is 0 Å². The van der Waals surface area contributed by atoms with E-state index in [0.29, 0.717) is 24.6 Å². The average Bonchev–Trinajstić information content (AvgIpc) is 3.42. The monoisotopic (exact) mass is 501 g/mol. The summed E-state index contributed by atoms with van der Waals surface area (Å²) in [5.41, 5.74) is 4.36. The summed E-state index contributed by atoms with van der Waals surface area (Å²) in [6.07, 6.45) is 1.99. The van der Waals surface area contributed by atoms with Crippen LogP contribution in [0.4, 0.5) is 0 Å². The molecule has 2 amide bonds. The van der Waals surface area contributed by atoms with Crippen LogP contribution in [0.2, 0.25) is 0 Å². The summed E-state index contributed by atoms with van der Waals surface area (Å²) in [6.45, 7) is 8.49. The molecule has 6 heteroatoms. The van der Waals surface area contributed by atoms with E-state index < -0.39 is 5.92 Å². The summed E-state index contributed by atoms with van der Waals surface area (Å²) in [7, 11) is 0. The van der Waals surface area contributed by atoms with Crippen LogP contribution >= 0.6 is 11.3 Å². The molecule has 5 rings (SSSR count). The summed E-state index contributed by atoms with van der Waals surface area (Å²) in [6, 6.07) is 20.1. The van der Waals surface area contributed by atoms with Crippen molar-refractivity contribution in [3.05, 3.63) is 93.2 Å². The number of rotatable bonds is 8. The predicted molar refractivity (Wildman–Crippen MR) is 145 cm³/mol. The van der Waals surface area contributed by atoms with Crippen LogP contribution in [0.3, 0.4) is 0 Å². The van der Waals surface area contributed by atoms with Crippen molar-refractivity contribution in [2.75, 3.05) is 26.2 Å². The number of nitrogens with zero attached hydrogens (tertiary/aromatic N) is 2. The zero-order valence-electron chi connectivity index (χ0n) is 21.2. The molecule has 0 saturated carbocycles. The van der Waals surface area contributed by atoms with E-state index in [-0.39, 0.29) is 17.9 Å². The third-order valence-electron chi connectivity index (χ3n) is 7.28. The number of benzene rings is 2. The van der Waals surface area contributed by atoms with E-state index >= 15 is 0 Å². The molecule has 0 fully saturated rings. The molecule has 3 aromatic rings. The van der Waals surface area contributed by atoms with Crippen LogP contribution in [0.15, 0.2) is 66.0 Å². The fraction of sp³-hybridized carbons (Fsp3) is 0.400. The highest BCUT2D eigenvalue weighted by atomic mass is 32.1. The lowest BCUT2D eigenvalue weighted by Gasteiger charge is -2.42. The van der Waals surface area contributed by atoms with Gasteiger partial charge in [-0.05, 0) is 53.0 Å². The fourth-order valence-electron chi connectivity index (χ4n) is 5.62. The summed E-state index contributed by atoms with van der Waals surface area (Å²) in [5.74, 6) is -0.0866. The molecule has 0 spiro atoms. The van der Waals surface area contributed by atoms with Crippen molar-refractivity contribution in [3.63, 3.8) is 0 Å². The Balaban J connectivity index is 1.30. The molecule has 2 atom stereocenters. The Morgan fingerprint density at radius 1 is 1.06 bits per heavy atom. The molecule has 2 aliphatic heterocycles. The van der Waals surface area contributed by atoms with Gasteiger partial charge in [-0.2, -0.15) is 0 Å². The van der Waals surface area contributed by atoms with Crippen molar-refractivity contribution < 1.29 is 9.59 Å². The van der Waals surface area contributed by atoms with Crippen molar-refractivity contribution in [1.82, 2.24) is 15.1 Å². The van der Waals surface area contributed by atoms with Crippen molar-refractivity contribution in [2.24, 2.45) is 5.92 Å². The molecule has 3 heterocycles. The van der Waals surface area contributed by atoms with Gasteiger partial charge in [-0.25, -0.2) is 0 Å². The van der Waals surface area contributed by atoms with Crippen LogP contribution in [0, 0.1) is 5.92 Å². The zero-order valence-corrected chi connectivity index (χ0v) is 22.0. The maximum absolute atomic E-state index is 13.8. The normalized spacial score (nSPS) is 19.8. The van der Waals surface area contributed by atoms with E-state index in [1.54, 1.807) is 11.3 Å². The van der Waals surface area contributed by atoms with Gasteiger partial charge < -0.3 is 10.2 Å². The summed E-state index contributed by atoms with van der Waals surface area (Å²) in [4.78, 5) is 32.8. The number of carbonyl (C=O) groups is 2. The lowest BCUT2D eigenvalue weighted by atomic mass is 9.81. The molecular weight excluding hydrogens is 466 g/mol. The zero-order chi connectivity index (χ0) is 25.1. The van der Waals surface area contributed by atoms with Crippen LogP contribution in [0.5, 0.6) is 0 Å². The van der Waals surface area contributed by atoms with Gasteiger partial charge in [-0.1, -0.05) is 62.4 Å².